The van der Waals surface area contributed by atoms with Gasteiger partial charge in [-0.15, -0.1) is 0 Å². The summed E-state index contributed by atoms with van der Waals surface area (Å²) in [6, 6.07) is 5.68. The quantitative estimate of drug-likeness (QED) is 0.487. The van der Waals surface area contributed by atoms with E-state index < -0.39 is 11.9 Å². The Morgan fingerprint density at radius 2 is 1.56 bits per heavy atom. The number of nitrogens with zero attached hydrogens (tertiary/aromatic N) is 1. The third-order valence-electron chi connectivity index (χ3n) is 5.80. The first-order chi connectivity index (χ1) is 12.8. The minimum atomic E-state index is -1.06. The largest absolute Gasteiger partial charge is 0.478 e. The summed E-state index contributed by atoms with van der Waals surface area (Å²) in [5, 5.41) is 11.5. The molecule has 2 bridgehead atoms. The van der Waals surface area contributed by atoms with Gasteiger partial charge in [0.1, 0.15) is 6.54 Å². The smallest absolute Gasteiger partial charge is 0.335 e. The van der Waals surface area contributed by atoms with Gasteiger partial charge in [-0.25, -0.2) is 4.79 Å². The van der Waals surface area contributed by atoms with E-state index in [0.29, 0.717) is 5.69 Å². The van der Waals surface area contributed by atoms with Gasteiger partial charge < -0.3 is 10.4 Å². The fourth-order valence-electron chi connectivity index (χ4n) is 4.61. The number of imide groups is 1. The van der Waals surface area contributed by atoms with Crippen LogP contribution in [0, 0.1) is 23.7 Å². The van der Waals surface area contributed by atoms with Crippen molar-refractivity contribution >= 4 is 61.2 Å². The predicted octanol–water partition coefficient (Wildman–Crippen LogP) is 2.10. The van der Waals surface area contributed by atoms with E-state index in [-0.39, 0.29) is 57.2 Å². The van der Waals surface area contributed by atoms with Gasteiger partial charge in [-0.05, 0) is 42.5 Å². The number of fused-ring (bicyclic) bond motifs is 5. The number of hydrogen-bond donors (Lipinski definition) is 2. The molecule has 2 saturated carbocycles. The second-order valence-electron chi connectivity index (χ2n) is 7.20. The fraction of sp³-hybridized carbons (Fsp3) is 0.444. The zero-order chi connectivity index (χ0) is 19.5. The number of amides is 3. The molecule has 142 valence electrons. The summed E-state index contributed by atoms with van der Waals surface area (Å²) in [6.45, 7) is -0.329. The minimum Gasteiger partial charge on any atom is -0.478 e. The molecular formula is C18H16Br2N2O5. The summed E-state index contributed by atoms with van der Waals surface area (Å²) in [5.74, 6) is -2.55. The van der Waals surface area contributed by atoms with Gasteiger partial charge in [0.15, 0.2) is 0 Å². The molecule has 1 heterocycles. The van der Waals surface area contributed by atoms with Crippen molar-refractivity contribution in [1.29, 1.82) is 0 Å². The molecule has 2 aliphatic carbocycles. The molecule has 4 rings (SSSR count). The van der Waals surface area contributed by atoms with Gasteiger partial charge in [-0.2, -0.15) is 0 Å². The topological polar surface area (TPSA) is 104 Å². The van der Waals surface area contributed by atoms with E-state index in [1.165, 1.54) is 24.3 Å². The van der Waals surface area contributed by atoms with Gasteiger partial charge in [-0.1, -0.05) is 31.9 Å². The SMILES string of the molecule is O=C(CN1C(=O)[C@@H]2[C@H]3C[C@@H]([C@H](Br)[C@@H]3Br)[C@@H]2C1=O)Nc1ccc(C(=O)O)cc1. The van der Waals surface area contributed by atoms with E-state index in [0.717, 1.165) is 11.3 Å². The first-order valence-corrected chi connectivity index (χ1v) is 10.4. The van der Waals surface area contributed by atoms with Crippen molar-refractivity contribution in [3.05, 3.63) is 29.8 Å². The van der Waals surface area contributed by atoms with Gasteiger partial charge in [0.2, 0.25) is 17.7 Å². The first kappa shape index (κ1) is 18.6. The lowest BCUT2D eigenvalue weighted by Gasteiger charge is -2.28. The van der Waals surface area contributed by atoms with Crippen molar-refractivity contribution in [2.24, 2.45) is 23.7 Å². The Labute approximate surface area is 171 Å². The highest BCUT2D eigenvalue weighted by Crippen LogP contribution is 2.60. The van der Waals surface area contributed by atoms with Crippen molar-refractivity contribution in [2.45, 2.75) is 16.1 Å². The lowest BCUT2D eigenvalue weighted by Crippen LogP contribution is -2.39. The van der Waals surface area contributed by atoms with Gasteiger partial charge in [0.25, 0.3) is 0 Å². The number of alkyl halides is 2. The highest BCUT2D eigenvalue weighted by molar-refractivity contribution is 9.12. The van der Waals surface area contributed by atoms with E-state index in [9.17, 15) is 19.2 Å². The maximum absolute atomic E-state index is 12.8. The normalized spacial score (nSPS) is 34.1. The number of aromatic carboxylic acids is 1. The molecule has 9 heteroatoms. The van der Waals surface area contributed by atoms with Crippen LogP contribution in [0.3, 0.4) is 0 Å². The van der Waals surface area contributed by atoms with Crippen LogP contribution >= 0.6 is 31.9 Å². The summed E-state index contributed by atoms with van der Waals surface area (Å²) < 4.78 is 0. The van der Waals surface area contributed by atoms with Crippen LogP contribution in [-0.2, 0) is 14.4 Å². The van der Waals surface area contributed by atoms with Crippen molar-refractivity contribution in [3.8, 4) is 0 Å². The molecule has 1 aliphatic heterocycles. The Morgan fingerprint density at radius 3 is 2.04 bits per heavy atom. The van der Waals surface area contributed by atoms with Crippen LogP contribution in [0.25, 0.3) is 0 Å². The average Bonchev–Trinajstić information content (AvgIpc) is 3.23. The van der Waals surface area contributed by atoms with Crippen LogP contribution in [-0.4, -0.2) is 49.9 Å². The van der Waals surface area contributed by atoms with Gasteiger partial charge in [0.05, 0.1) is 17.4 Å². The molecule has 2 N–H and O–H groups in total. The molecule has 3 fully saturated rings. The molecule has 0 unspecified atom stereocenters. The Bertz CT molecular complexity index is 811. The number of carboxylic acids is 1. The molecule has 7 nitrogen and oxygen atoms in total. The number of nitrogens with one attached hydrogen (secondary N) is 1. The molecular weight excluding hydrogens is 484 g/mol. The molecule has 3 amide bonds. The minimum absolute atomic E-state index is 0.106. The highest BCUT2D eigenvalue weighted by atomic mass is 79.9. The van der Waals surface area contributed by atoms with E-state index in [2.05, 4.69) is 37.2 Å². The fourth-order valence-corrected chi connectivity index (χ4v) is 6.48. The number of benzene rings is 1. The zero-order valence-electron chi connectivity index (χ0n) is 14.0. The van der Waals surface area contributed by atoms with Crippen LogP contribution in [0.2, 0.25) is 0 Å². The number of anilines is 1. The van der Waals surface area contributed by atoms with Crippen molar-refractivity contribution < 1.29 is 24.3 Å². The average molecular weight is 500 g/mol. The number of rotatable bonds is 4. The molecule has 0 aromatic heterocycles. The maximum atomic E-state index is 12.8. The molecule has 27 heavy (non-hydrogen) atoms. The number of carboxylic acid groups (broad SMARTS) is 1. The second-order valence-corrected chi connectivity index (χ2v) is 9.31. The molecule has 1 aromatic rings. The third-order valence-corrected chi connectivity index (χ3v) is 9.00. The predicted molar refractivity (Wildman–Crippen MR) is 103 cm³/mol. The van der Waals surface area contributed by atoms with Crippen LogP contribution in [0.4, 0.5) is 5.69 Å². The van der Waals surface area contributed by atoms with Crippen LogP contribution in [0.1, 0.15) is 16.8 Å². The van der Waals surface area contributed by atoms with Gasteiger partial charge in [0, 0.05) is 15.3 Å². The Hall–Kier alpha value is -1.74. The summed E-state index contributed by atoms with van der Waals surface area (Å²) in [5.41, 5.74) is 0.514. The van der Waals surface area contributed by atoms with Crippen LogP contribution < -0.4 is 5.32 Å². The standard InChI is InChI=1S/C18H16Br2N2O5/c19-14-9-5-10(15(14)20)13-12(9)16(24)22(17(13)25)6-11(23)21-8-3-1-7(2-4-8)18(26)27/h1-4,9-10,12-15H,5-6H2,(H,21,23)(H,26,27)/t9-,10-,12-,13+,14-,15+/m1/s1. The van der Waals surface area contributed by atoms with Crippen LogP contribution in [0.15, 0.2) is 24.3 Å². The molecule has 1 aromatic carbocycles. The lowest BCUT2D eigenvalue weighted by molar-refractivity contribution is -0.143. The number of hydrogen-bond acceptors (Lipinski definition) is 4. The van der Waals surface area contributed by atoms with Crippen molar-refractivity contribution in [1.82, 2.24) is 4.90 Å². The summed E-state index contributed by atoms with van der Waals surface area (Å²) in [6.07, 6.45) is 0.842. The first-order valence-electron chi connectivity index (χ1n) is 8.56. The van der Waals surface area contributed by atoms with Crippen molar-refractivity contribution in [3.63, 3.8) is 0 Å². The lowest BCUT2D eigenvalue weighted by atomic mass is 9.81. The molecule has 0 radical (unpaired) electrons. The second kappa shape index (κ2) is 6.70. The maximum Gasteiger partial charge on any atom is 0.335 e. The van der Waals surface area contributed by atoms with E-state index in [4.69, 9.17) is 5.11 Å². The molecule has 6 atom stereocenters. The molecule has 1 saturated heterocycles. The van der Waals surface area contributed by atoms with Crippen molar-refractivity contribution in [2.75, 3.05) is 11.9 Å². The zero-order valence-corrected chi connectivity index (χ0v) is 17.1. The van der Waals surface area contributed by atoms with E-state index in [1.54, 1.807) is 0 Å². The third kappa shape index (κ3) is 2.91. The number of carbonyl (C=O) groups is 4. The summed E-state index contributed by atoms with van der Waals surface area (Å²) in [4.78, 5) is 50.1. The number of carbonyl (C=O) groups excluding carboxylic acids is 3. The van der Waals surface area contributed by atoms with Gasteiger partial charge >= 0.3 is 5.97 Å². The highest BCUT2D eigenvalue weighted by Gasteiger charge is 2.66. The Balaban J connectivity index is 1.44. The van der Waals surface area contributed by atoms with Gasteiger partial charge in [-0.3, -0.25) is 19.3 Å². The monoisotopic (exact) mass is 498 g/mol. The summed E-state index contributed by atoms with van der Waals surface area (Å²) in [7, 11) is 0. The van der Waals surface area contributed by atoms with E-state index in [1.807, 2.05) is 0 Å². The Kier molecular flexibility index (Phi) is 4.62. The van der Waals surface area contributed by atoms with E-state index >= 15 is 0 Å². The summed E-state index contributed by atoms with van der Waals surface area (Å²) >= 11 is 7.25. The van der Waals surface area contributed by atoms with Crippen LogP contribution in [0.5, 0.6) is 0 Å². The number of halogens is 2. The Morgan fingerprint density at radius 1 is 1.04 bits per heavy atom. The molecule has 3 aliphatic rings. The molecule has 0 spiro atoms. The number of likely N-dealkylation sites (tertiary alicyclic amines) is 1.